The van der Waals surface area contributed by atoms with Crippen LogP contribution in [0, 0.1) is 13.8 Å². The fourth-order valence-corrected chi connectivity index (χ4v) is 3.28. The van der Waals surface area contributed by atoms with Crippen LogP contribution >= 0.6 is 0 Å². The Morgan fingerprint density at radius 1 is 1.14 bits per heavy atom. The van der Waals surface area contributed by atoms with E-state index in [0.717, 1.165) is 55.3 Å². The molecule has 0 aromatic heterocycles. The highest BCUT2D eigenvalue weighted by Crippen LogP contribution is 2.21. The standard InChI is InChI=1S/C23H30N2O3/c1-17-6-4-9-22(18(17)2)28-19(3)23(26)24-15-20-7-5-8-21(14-20)16-25-10-12-27-13-11-25/h4-9,14,19H,10-13,15-16H2,1-3H3,(H,24,26)/t19-/m0/s1. The van der Waals surface area contributed by atoms with Crippen LogP contribution in [0.3, 0.4) is 0 Å². The number of carbonyl (C=O) groups is 1. The Balaban J connectivity index is 1.52. The molecule has 1 fully saturated rings. The van der Waals surface area contributed by atoms with Gasteiger partial charge in [0, 0.05) is 26.2 Å². The Bertz CT molecular complexity index is 800. The lowest BCUT2D eigenvalue weighted by Crippen LogP contribution is -2.36. The SMILES string of the molecule is Cc1cccc(O[C@@H](C)C(=O)NCc2cccc(CN3CCOCC3)c2)c1C. The number of nitrogens with zero attached hydrogens (tertiary/aromatic N) is 1. The second-order valence-corrected chi connectivity index (χ2v) is 7.38. The van der Waals surface area contributed by atoms with Crippen LogP contribution in [0.15, 0.2) is 42.5 Å². The summed E-state index contributed by atoms with van der Waals surface area (Å²) in [6.45, 7) is 10.8. The zero-order valence-electron chi connectivity index (χ0n) is 17.0. The highest BCUT2D eigenvalue weighted by molar-refractivity contribution is 5.80. The third-order valence-corrected chi connectivity index (χ3v) is 5.20. The molecule has 0 radical (unpaired) electrons. The van der Waals surface area contributed by atoms with E-state index in [2.05, 4.69) is 22.3 Å². The van der Waals surface area contributed by atoms with Gasteiger partial charge in [0.15, 0.2) is 6.10 Å². The topological polar surface area (TPSA) is 50.8 Å². The number of carbonyl (C=O) groups excluding carboxylic acids is 1. The molecule has 2 aromatic carbocycles. The Morgan fingerprint density at radius 3 is 2.64 bits per heavy atom. The summed E-state index contributed by atoms with van der Waals surface area (Å²) in [5, 5.41) is 2.99. The molecule has 3 rings (SSSR count). The van der Waals surface area contributed by atoms with Crippen molar-refractivity contribution in [2.24, 2.45) is 0 Å². The van der Waals surface area contributed by atoms with E-state index < -0.39 is 6.10 Å². The van der Waals surface area contributed by atoms with Crippen LogP contribution in [0.4, 0.5) is 0 Å². The van der Waals surface area contributed by atoms with E-state index in [1.165, 1.54) is 5.56 Å². The van der Waals surface area contributed by atoms with Gasteiger partial charge < -0.3 is 14.8 Å². The van der Waals surface area contributed by atoms with E-state index in [4.69, 9.17) is 9.47 Å². The van der Waals surface area contributed by atoms with Gasteiger partial charge in [0.05, 0.1) is 13.2 Å². The molecule has 1 N–H and O–H groups in total. The second-order valence-electron chi connectivity index (χ2n) is 7.38. The molecule has 1 heterocycles. The molecule has 1 saturated heterocycles. The summed E-state index contributed by atoms with van der Waals surface area (Å²) in [6.07, 6.45) is -0.544. The van der Waals surface area contributed by atoms with Gasteiger partial charge in [0.2, 0.25) is 0 Å². The average Bonchev–Trinajstić information content (AvgIpc) is 2.70. The summed E-state index contributed by atoms with van der Waals surface area (Å²) in [7, 11) is 0. The number of hydrogen-bond donors (Lipinski definition) is 1. The van der Waals surface area contributed by atoms with Gasteiger partial charge in [-0.2, -0.15) is 0 Å². The minimum atomic E-state index is -0.544. The first-order chi connectivity index (χ1) is 13.5. The lowest BCUT2D eigenvalue weighted by Gasteiger charge is -2.26. The van der Waals surface area contributed by atoms with Crippen LogP contribution in [0.5, 0.6) is 5.75 Å². The number of rotatable bonds is 7. The zero-order valence-corrected chi connectivity index (χ0v) is 17.0. The zero-order chi connectivity index (χ0) is 19.9. The van der Waals surface area contributed by atoms with E-state index in [0.29, 0.717) is 6.54 Å². The monoisotopic (exact) mass is 382 g/mol. The van der Waals surface area contributed by atoms with Gasteiger partial charge in [-0.15, -0.1) is 0 Å². The summed E-state index contributed by atoms with van der Waals surface area (Å²) in [5.41, 5.74) is 4.58. The molecule has 0 unspecified atom stereocenters. The third-order valence-electron chi connectivity index (χ3n) is 5.20. The van der Waals surface area contributed by atoms with Crippen LogP contribution in [-0.4, -0.2) is 43.2 Å². The maximum atomic E-state index is 12.5. The van der Waals surface area contributed by atoms with Crippen molar-refractivity contribution in [1.82, 2.24) is 10.2 Å². The Morgan fingerprint density at radius 2 is 1.86 bits per heavy atom. The molecule has 0 spiro atoms. The van der Waals surface area contributed by atoms with Crippen molar-refractivity contribution in [3.8, 4) is 5.75 Å². The lowest BCUT2D eigenvalue weighted by molar-refractivity contribution is -0.127. The van der Waals surface area contributed by atoms with Crippen molar-refractivity contribution in [2.45, 2.75) is 40.0 Å². The van der Waals surface area contributed by atoms with Gasteiger partial charge in [-0.1, -0.05) is 36.4 Å². The fraction of sp³-hybridized carbons (Fsp3) is 0.435. The first-order valence-corrected chi connectivity index (χ1v) is 9.91. The number of aryl methyl sites for hydroxylation is 1. The van der Waals surface area contributed by atoms with Crippen molar-refractivity contribution in [1.29, 1.82) is 0 Å². The average molecular weight is 383 g/mol. The molecule has 0 aliphatic carbocycles. The molecule has 28 heavy (non-hydrogen) atoms. The molecule has 1 aliphatic heterocycles. The summed E-state index contributed by atoms with van der Waals surface area (Å²) >= 11 is 0. The molecular weight excluding hydrogens is 352 g/mol. The smallest absolute Gasteiger partial charge is 0.261 e. The maximum absolute atomic E-state index is 12.5. The van der Waals surface area contributed by atoms with Crippen LogP contribution in [0.2, 0.25) is 0 Å². The second kappa shape index (κ2) is 9.71. The maximum Gasteiger partial charge on any atom is 0.261 e. The predicted octanol–water partition coefficient (Wildman–Crippen LogP) is 3.22. The van der Waals surface area contributed by atoms with E-state index in [1.807, 2.05) is 44.2 Å². The largest absolute Gasteiger partial charge is 0.481 e. The Kier molecular flexibility index (Phi) is 7.06. The van der Waals surface area contributed by atoms with Gasteiger partial charge in [-0.25, -0.2) is 0 Å². The highest BCUT2D eigenvalue weighted by Gasteiger charge is 2.16. The number of amides is 1. The molecule has 5 heteroatoms. The summed E-state index contributed by atoms with van der Waals surface area (Å²) < 4.78 is 11.3. The molecule has 150 valence electrons. The highest BCUT2D eigenvalue weighted by atomic mass is 16.5. The van der Waals surface area contributed by atoms with Crippen molar-refractivity contribution in [3.05, 3.63) is 64.7 Å². The molecule has 1 aliphatic rings. The minimum Gasteiger partial charge on any atom is -0.481 e. The van der Waals surface area contributed by atoms with Gasteiger partial charge in [-0.05, 0) is 49.1 Å². The first kappa shape index (κ1) is 20.4. The quantitative estimate of drug-likeness (QED) is 0.799. The number of benzene rings is 2. The van der Waals surface area contributed by atoms with Gasteiger partial charge in [0.25, 0.3) is 5.91 Å². The third kappa shape index (κ3) is 5.57. The van der Waals surface area contributed by atoms with Crippen LogP contribution in [-0.2, 0) is 22.6 Å². The first-order valence-electron chi connectivity index (χ1n) is 9.91. The van der Waals surface area contributed by atoms with Crippen LogP contribution < -0.4 is 10.1 Å². The summed E-state index contributed by atoms with van der Waals surface area (Å²) in [6, 6.07) is 14.3. The van der Waals surface area contributed by atoms with E-state index >= 15 is 0 Å². The molecule has 5 nitrogen and oxygen atoms in total. The Labute approximate surface area is 167 Å². The van der Waals surface area contributed by atoms with Gasteiger partial charge >= 0.3 is 0 Å². The number of morpholine rings is 1. The number of nitrogens with one attached hydrogen (secondary N) is 1. The van der Waals surface area contributed by atoms with E-state index in [9.17, 15) is 4.79 Å². The normalized spacial score (nSPS) is 15.8. The molecule has 2 aromatic rings. The molecule has 0 bridgehead atoms. The van der Waals surface area contributed by atoms with Crippen molar-refractivity contribution >= 4 is 5.91 Å². The van der Waals surface area contributed by atoms with Crippen LogP contribution in [0.1, 0.15) is 29.2 Å². The number of hydrogen-bond acceptors (Lipinski definition) is 4. The molecular formula is C23H30N2O3. The van der Waals surface area contributed by atoms with E-state index in [-0.39, 0.29) is 5.91 Å². The molecule has 1 atom stereocenters. The lowest BCUT2D eigenvalue weighted by atomic mass is 10.1. The molecule has 0 saturated carbocycles. The predicted molar refractivity (Wildman–Crippen MR) is 110 cm³/mol. The van der Waals surface area contributed by atoms with E-state index in [1.54, 1.807) is 6.92 Å². The van der Waals surface area contributed by atoms with Crippen LogP contribution in [0.25, 0.3) is 0 Å². The van der Waals surface area contributed by atoms with Crippen molar-refractivity contribution in [2.75, 3.05) is 26.3 Å². The fourth-order valence-electron chi connectivity index (χ4n) is 3.28. The Hall–Kier alpha value is -2.37. The minimum absolute atomic E-state index is 0.112. The summed E-state index contributed by atoms with van der Waals surface area (Å²) in [4.78, 5) is 14.9. The number of ether oxygens (including phenoxy) is 2. The molecule has 1 amide bonds. The summed E-state index contributed by atoms with van der Waals surface area (Å²) in [5.74, 6) is 0.648. The van der Waals surface area contributed by atoms with Gasteiger partial charge in [0.1, 0.15) is 5.75 Å². The van der Waals surface area contributed by atoms with Gasteiger partial charge in [-0.3, -0.25) is 9.69 Å². The van der Waals surface area contributed by atoms with Crippen molar-refractivity contribution in [3.63, 3.8) is 0 Å². The van der Waals surface area contributed by atoms with Crippen molar-refractivity contribution < 1.29 is 14.3 Å².